The highest BCUT2D eigenvalue weighted by Gasteiger charge is 2.24. The molecule has 0 amide bonds. The van der Waals surface area contributed by atoms with Gasteiger partial charge >= 0.3 is 0 Å². The minimum Gasteiger partial charge on any atom is -0.391 e. The van der Waals surface area contributed by atoms with Crippen molar-refractivity contribution in [2.75, 3.05) is 6.26 Å². The zero-order chi connectivity index (χ0) is 11.5. The molecule has 0 bridgehead atoms. The number of aliphatic hydroxyl groups is 1. The summed E-state index contributed by atoms with van der Waals surface area (Å²) in [7, 11) is -3.20. The van der Waals surface area contributed by atoms with E-state index in [4.69, 9.17) is 0 Å². The van der Waals surface area contributed by atoms with Gasteiger partial charge in [-0.2, -0.15) is 0 Å². The molecule has 1 aromatic heterocycles. The van der Waals surface area contributed by atoms with Crippen LogP contribution in [0.5, 0.6) is 0 Å². The van der Waals surface area contributed by atoms with Crippen molar-refractivity contribution in [3.05, 3.63) is 30.1 Å². The Balaban J connectivity index is 2.68. The Morgan fingerprint density at radius 1 is 1.47 bits per heavy atom. The zero-order valence-corrected chi connectivity index (χ0v) is 9.61. The number of nitrogens with zero attached hydrogens (tertiary/aromatic N) is 1. The molecule has 84 valence electrons. The molecule has 1 aromatic rings. The Morgan fingerprint density at radius 2 is 2.13 bits per heavy atom. The molecule has 0 aliphatic rings. The molecule has 0 aromatic carbocycles. The Morgan fingerprint density at radius 3 is 2.60 bits per heavy atom. The number of rotatable bonds is 4. The van der Waals surface area contributed by atoms with Crippen LogP contribution in [0.25, 0.3) is 0 Å². The molecule has 4 nitrogen and oxygen atoms in total. The Kier molecular flexibility index (Phi) is 3.82. The van der Waals surface area contributed by atoms with Gasteiger partial charge in [-0.1, -0.05) is 6.07 Å². The average Bonchev–Trinajstić information content (AvgIpc) is 2.16. The summed E-state index contributed by atoms with van der Waals surface area (Å²) >= 11 is 0. The van der Waals surface area contributed by atoms with Crippen molar-refractivity contribution >= 4 is 9.84 Å². The summed E-state index contributed by atoms with van der Waals surface area (Å²) in [4.78, 5) is 4.03. The van der Waals surface area contributed by atoms with Gasteiger partial charge in [0.25, 0.3) is 0 Å². The molecule has 0 aliphatic heterocycles. The molecule has 0 saturated heterocycles. The lowest BCUT2D eigenvalue weighted by Crippen LogP contribution is -2.32. The van der Waals surface area contributed by atoms with Crippen LogP contribution in [-0.4, -0.2) is 36.1 Å². The summed E-state index contributed by atoms with van der Waals surface area (Å²) in [5.41, 5.74) is 0.695. The third-order valence-corrected chi connectivity index (χ3v) is 4.03. The van der Waals surface area contributed by atoms with Crippen LogP contribution in [0.2, 0.25) is 0 Å². The van der Waals surface area contributed by atoms with E-state index in [1.165, 1.54) is 6.92 Å². The van der Waals surface area contributed by atoms with Gasteiger partial charge in [-0.15, -0.1) is 0 Å². The first-order chi connectivity index (χ1) is 6.91. The van der Waals surface area contributed by atoms with Gasteiger partial charge in [0.1, 0.15) is 0 Å². The van der Waals surface area contributed by atoms with Crippen molar-refractivity contribution in [2.45, 2.75) is 24.7 Å². The van der Waals surface area contributed by atoms with E-state index in [0.29, 0.717) is 5.69 Å². The van der Waals surface area contributed by atoms with Gasteiger partial charge in [-0.25, -0.2) is 8.42 Å². The molecule has 1 N–H and O–H groups in total. The largest absolute Gasteiger partial charge is 0.391 e. The lowest BCUT2D eigenvalue weighted by Gasteiger charge is -2.16. The van der Waals surface area contributed by atoms with Crippen LogP contribution in [0.15, 0.2) is 24.4 Å². The Bertz CT molecular complexity index is 402. The standard InChI is InChI=1S/C10H15NO3S/c1-8(15(2,13)14)10(12)7-9-5-3-4-6-11-9/h3-6,8,10,12H,7H2,1-2H3. The molecule has 0 aliphatic carbocycles. The van der Waals surface area contributed by atoms with E-state index in [1.807, 2.05) is 0 Å². The number of aliphatic hydroxyl groups excluding tert-OH is 1. The molecule has 2 atom stereocenters. The lowest BCUT2D eigenvalue weighted by atomic mass is 10.1. The summed E-state index contributed by atoms with van der Waals surface area (Å²) in [6, 6.07) is 5.34. The first-order valence-corrected chi connectivity index (χ1v) is 6.63. The highest BCUT2D eigenvalue weighted by molar-refractivity contribution is 7.91. The first kappa shape index (κ1) is 12.1. The van der Waals surface area contributed by atoms with Crippen molar-refractivity contribution in [2.24, 2.45) is 0 Å². The van der Waals surface area contributed by atoms with E-state index < -0.39 is 21.2 Å². The number of aromatic nitrogens is 1. The molecule has 2 unspecified atom stereocenters. The van der Waals surface area contributed by atoms with E-state index in [-0.39, 0.29) is 6.42 Å². The fraction of sp³-hybridized carbons (Fsp3) is 0.500. The maximum atomic E-state index is 11.2. The van der Waals surface area contributed by atoms with Crippen molar-refractivity contribution in [1.29, 1.82) is 0 Å². The summed E-state index contributed by atoms with van der Waals surface area (Å²) in [6.45, 7) is 1.50. The number of sulfone groups is 1. The monoisotopic (exact) mass is 229 g/mol. The number of hydrogen-bond acceptors (Lipinski definition) is 4. The second-order valence-electron chi connectivity index (χ2n) is 3.63. The molecule has 5 heteroatoms. The van der Waals surface area contributed by atoms with Crippen molar-refractivity contribution < 1.29 is 13.5 Å². The predicted molar refractivity (Wildman–Crippen MR) is 58.3 cm³/mol. The minimum absolute atomic E-state index is 0.259. The second kappa shape index (κ2) is 4.72. The molecule has 0 fully saturated rings. The van der Waals surface area contributed by atoms with Crippen LogP contribution in [0.3, 0.4) is 0 Å². The molecule has 1 heterocycles. The van der Waals surface area contributed by atoms with Crippen molar-refractivity contribution in [3.63, 3.8) is 0 Å². The number of hydrogen-bond donors (Lipinski definition) is 1. The fourth-order valence-corrected chi connectivity index (χ4v) is 1.85. The summed E-state index contributed by atoms with van der Waals surface area (Å²) in [5, 5.41) is 8.92. The highest BCUT2D eigenvalue weighted by atomic mass is 32.2. The Labute approximate surface area is 89.9 Å². The van der Waals surface area contributed by atoms with E-state index >= 15 is 0 Å². The van der Waals surface area contributed by atoms with Crippen molar-refractivity contribution in [1.82, 2.24) is 4.98 Å². The topological polar surface area (TPSA) is 67.3 Å². The molecular formula is C10H15NO3S. The van der Waals surface area contributed by atoms with Crippen LogP contribution >= 0.6 is 0 Å². The van der Waals surface area contributed by atoms with Gasteiger partial charge in [0, 0.05) is 24.6 Å². The summed E-state index contributed by atoms with van der Waals surface area (Å²) < 4.78 is 22.4. The van der Waals surface area contributed by atoms with Crippen molar-refractivity contribution in [3.8, 4) is 0 Å². The third-order valence-electron chi connectivity index (χ3n) is 2.36. The van der Waals surface area contributed by atoms with Gasteiger partial charge in [0.05, 0.1) is 11.4 Å². The Hall–Kier alpha value is -0.940. The van der Waals surface area contributed by atoms with E-state index in [0.717, 1.165) is 6.26 Å². The quantitative estimate of drug-likeness (QED) is 0.812. The van der Waals surface area contributed by atoms with Crippen LogP contribution in [0.4, 0.5) is 0 Å². The summed E-state index contributed by atoms with van der Waals surface area (Å²) in [5.74, 6) is 0. The van der Waals surface area contributed by atoms with E-state index in [9.17, 15) is 13.5 Å². The van der Waals surface area contributed by atoms with Crippen LogP contribution in [0, 0.1) is 0 Å². The first-order valence-electron chi connectivity index (χ1n) is 4.68. The smallest absolute Gasteiger partial charge is 0.152 e. The predicted octanol–water partition coefficient (Wildman–Crippen LogP) is 0.418. The van der Waals surface area contributed by atoms with E-state index in [1.54, 1.807) is 24.4 Å². The maximum Gasteiger partial charge on any atom is 0.152 e. The number of pyridine rings is 1. The maximum absolute atomic E-state index is 11.2. The van der Waals surface area contributed by atoms with Crippen LogP contribution < -0.4 is 0 Å². The fourth-order valence-electron chi connectivity index (χ4n) is 1.18. The third kappa shape index (κ3) is 3.60. The highest BCUT2D eigenvalue weighted by Crippen LogP contribution is 2.09. The molecule has 0 saturated carbocycles. The molecule has 0 spiro atoms. The SMILES string of the molecule is CC(C(O)Cc1ccccn1)S(C)(=O)=O. The molecule has 1 rings (SSSR count). The summed E-state index contributed by atoms with van der Waals surface area (Å²) in [6.07, 6.45) is 2.09. The molecule has 0 radical (unpaired) electrons. The van der Waals surface area contributed by atoms with Crippen LogP contribution in [-0.2, 0) is 16.3 Å². The minimum atomic E-state index is -3.20. The second-order valence-corrected chi connectivity index (χ2v) is 6.03. The lowest BCUT2D eigenvalue weighted by molar-refractivity contribution is 0.172. The van der Waals surface area contributed by atoms with Crippen LogP contribution in [0.1, 0.15) is 12.6 Å². The molecular weight excluding hydrogens is 214 g/mol. The van der Waals surface area contributed by atoms with Gasteiger partial charge in [0.2, 0.25) is 0 Å². The van der Waals surface area contributed by atoms with Gasteiger partial charge < -0.3 is 5.11 Å². The van der Waals surface area contributed by atoms with Gasteiger partial charge in [-0.05, 0) is 19.1 Å². The van der Waals surface area contributed by atoms with E-state index in [2.05, 4.69) is 4.98 Å². The average molecular weight is 229 g/mol. The zero-order valence-electron chi connectivity index (χ0n) is 8.79. The molecule has 15 heavy (non-hydrogen) atoms. The van der Waals surface area contributed by atoms with Gasteiger partial charge in [-0.3, -0.25) is 4.98 Å². The normalized spacial score (nSPS) is 15.9. The van der Waals surface area contributed by atoms with Gasteiger partial charge in [0.15, 0.2) is 9.84 Å².